The minimum absolute atomic E-state index is 0. The minimum atomic E-state index is 0. The fourth-order valence-electron chi connectivity index (χ4n) is 0.644. The standard InChI is InChI=1S/C5H9O.Li/c1-5-3-2-4-6-5;/h5H,1-4H2;/q-1;+1. The van der Waals surface area contributed by atoms with Gasteiger partial charge in [-0.3, -0.25) is 0 Å². The van der Waals surface area contributed by atoms with Crippen LogP contribution in [0.5, 0.6) is 0 Å². The molecule has 1 aliphatic heterocycles. The maximum atomic E-state index is 5.04. The fraction of sp³-hybridized carbons (Fsp3) is 0.800. The zero-order valence-electron chi connectivity index (χ0n) is 4.81. The van der Waals surface area contributed by atoms with E-state index in [0.29, 0.717) is 6.10 Å². The van der Waals surface area contributed by atoms with Crippen molar-refractivity contribution in [2.45, 2.75) is 18.9 Å². The minimum Gasteiger partial charge on any atom is -0.410 e. The van der Waals surface area contributed by atoms with Gasteiger partial charge >= 0.3 is 18.9 Å². The first kappa shape index (κ1) is 7.56. The summed E-state index contributed by atoms with van der Waals surface area (Å²) < 4.78 is 5.04. The molecule has 0 aliphatic carbocycles. The van der Waals surface area contributed by atoms with E-state index < -0.39 is 0 Å². The Labute approximate surface area is 56.6 Å². The van der Waals surface area contributed by atoms with Crippen LogP contribution in [0.25, 0.3) is 0 Å². The molecule has 0 aromatic carbocycles. The molecule has 1 heterocycles. The van der Waals surface area contributed by atoms with Gasteiger partial charge in [-0.15, -0.1) is 0 Å². The third-order valence-electron chi connectivity index (χ3n) is 1.02. The third kappa shape index (κ3) is 2.38. The van der Waals surface area contributed by atoms with E-state index in [0.717, 1.165) is 13.0 Å². The Morgan fingerprint density at radius 1 is 1.57 bits per heavy atom. The predicted octanol–water partition coefficient (Wildman–Crippen LogP) is -2.00. The van der Waals surface area contributed by atoms with Gasteiger partial charge in [0.15, 0.2) is 0 Å². The molecule has 36 valence electrons. The van der Waals surface area contributed by atoms with Gasteiger partial charge in [0.05, 0.1) is 0 Å². The molecule has 1 atom stereocenters. The second kappa shape index (κ2) is 3.55. The van der Waals surface area contributed by atoms with E-state index in [-0.39, 0.29) is 18.9 Å². The van der Waals surface area contributed by atoms with Crippen LogP contribution in [0, 0.1) is 6.92 Å². The van der Waals surface area contributed by atoms with Gasteiger partial charge in [-0.1, -0.05) is 12.5 Å². The second-order valence-corrected chi connectivity index (χ2v) is 1.64. The van der Waals surface area contributed by atoms with Crippen LogP contribution in [0.15, 0.2) is 0 Å². The van der Waals surface area contributed by atoms with Gasteiger partial charge in [-0.25, -0.2) is 0 Å². The summed E-state index contributed by atoms with van der Waals surface area (Å²) in [5.74, 6) is 0. The molecule has 1 aliphatic rings. The van der Waals surface area contributed by atoms with E-state index in [9.17, 15) is 0 Å². The monoisotopic (exact) mass is 92.1 g/mol. The van der Waals surface area contributed by atoms with E-state index in [1.165, 1.54) is 6.42 Å². The van der Waals surface area contributed by atoms with Crippen molar-refractivity contribution >= 4 is 0 Å². The molecule has 0 aromatic rings. The summed E-state index contributed by atoms with van der Waals surface area (Å²) in [5.41, 5.74) is 0. The van der Waals surface area contributed by atoms with Crippen LogP contribution < -0.4 is 18.9 Å². The maximum absolute atomic E-state index is 5.04. The van der Waals surface area contributed by atoms with Crippen LogP contribution in [0.2, 0.25) is 0 Å². The summed E-state index contributed by atoms with van der Waals surface area (Å²) in [4.78, 5) is 0. The molecule has 2 heteroatoms. The molecule has 0 amide bonds. The van der Waals surface area contributed by atoms with Crippen molar-refractivity contribution in [3.63, 3.8) is 0 Å². The van der Waals surface area contributed by atoms with E-state index in [1.807, 2.05) is 0 Å². The van der Waals surface area contributed by atoms with Crippen molar-refractivity contribution in [3.8, 4) is 0 Å². The summed E-state index contributed by atoms with van der Waals surface area (Å²) >= 11 is 0. The maximum Gasteiger partial charge on any atom is 1.00 e. The average Bonchev–Trinajstić information content (AvgIpc) is 1.86. The van der Waals surface area contributed by atoms with Crippen LogP contribution in [-0.2, 0) is 4.74 Å². The molecule has 0 saturated carbocycles. The molecule has 0 aromatic heterocycles. The first-order chi connectivity index (χ1) is 2.89. The smallest absolute Gasteiger partial charge is 0.410 e. The van der Waals surface area contributed by atoms with E-state index in [1.54, 1.807) is 0 Å². The second-order valence-electron chi connectivity index (χ2n) is 1.64. The van der Waals surface area contributed by atoms with Crippen LogP contribution >= 0.6 is 0 Å². The summed E-state index contributed by atoms with van der Waals surface area (Å²) in [7, 11) is 0. The molecular formula is C5H9LiO. The molecule has 0 spiro atoms. The number of ether oxygens (including phenoxy) is 1. The summed E-state index contributed by atoms with van der Waals surface area (Å²) in [6.45, 7) is 4.64. The summed E-state index contributed by atoms with van der Waals surface area (Å²) in [6.07, 6.45) is 2.65. The molecule has 0 radical (unpaired) electrons. The Bertz CT molecular complexity index is 41.3. The molecule has 1 saturated heterocycles. The molecule has 7 heavy (non-hydrogen) atoms. The van der Waals surface area contributed by atoms with Gasteiger partial charge in [0.1, 0.15) is 0 Å². The molecule has 1 nitrogen and oxygen atoms in total. The van der Waals surface area contributed by atoms with E-state index >= 15 is 0 Å². The average molecular weight is 92.1 g/mol. The molecule has 1 rings (SSSR count). The molecule has 0 bridgehead atoms. The van der Waals surface area contributed by atoms with Crippen LogP contribution in [0.1, 0.15) is 12.8 Å². The quantitative estimate of drug-likeness (QED) is 0.248. The van der Waals surface area contributed by atoms with Crippen molar-refractivity contribution in [2.75, 3.05) is 6.61 Å². The third-order valence-corrected chi connectivity index (χ3v) is 1.02. The zero-order valence-corrected chi connectivity index (χ0v) is 4.81. The number of rotatable bonds is 0. The predicted molar refractivity (Wildman–Crippen MR) is 24.3 cm³/mol. The van der Waals surface area contributed by atoms with Crippen molar-refractivity contribution in [1.29, 1.82) is 0 Å². The largest absolute Gasteiger partial charge is 1.00 e. The number of hydrogen-bond donors (Lipinski definition) is 0. The van der Waals surface area contributed by atoms with E-state index in [4.69, 9.17) is 4.74 Å². The SMILES string of the molecule is [CH2-]C1CCCO1.[Li+]. The molecule has 1 unspecified atom stereocenters. The van der Waals surface area contributed by atoms with Crippen molar-refractivity contribution in [2.24, 2.45) is 0 Å². The van der Waals surface area contributed by atoms with Crippen molar-refractivity contribution < 1.29 is 23.6 Å². The topological polar surface area (TPSA) is 9.23 Å². The van der Waals surface area contributed by atoms with Crippen molar-refractivity contribution in [1.82, 2.24) is 0 Å². The normalized spacial score (nSPS) is 29.6. The van der Waals surface area contributed by atoms with Crippen LogP contribution in [-0.4, -0.2) is 12.7 Å². The Morgan fingerprint density at radius 2 is 2.29 bits per heavy atom. The van der Waals surface area contributed by atoms with Gasteiger partial charge in [-0.2, -0.15) is 0 Å². The summed E-state index contributed by atoms with van der Waals surface area (Å²) in [6, 6.07) is 0. The first-order valence-electron chi connectivity index (χ1n) is 2.34. The Kier molecular flexibility index (Phi) is 3.83. The number of hydrogen-bond acceptors (Lipinski definition) is 1. The molecule has 0 N–H and O–H groups in total. The van der Waals surface area contributed by atoms with Crippen molar-refractivity contribution in [3.05, 3.63) is 6.92 Å². The Balaban J connectivity index is 0.000000360. The van der Waals surface area contributed by atoms with Gasteiger partial charge in [0.25, 0.3) is 0 Å². The van der Waals surface area contributed by atoms with Gasteiger partial charge in [-0.05, 0) is 6.42 Å². The Morgan fingerprint density at radius 3 is 2.43 bits per heavy atom. The van der Waals surface area contributed by atoms with Gasteiger partial charge < -0.3 is 11.7 Å². The molecular weight excluding hydrogens is 83.0 g/mol. The van der Waals surface area contributed by atoms with Gasteiger partial charge in [0.2, 0.25) is 0 Å². The van der Waals surface area contributed by atoms with E-state index in [2.05, 4.69) is 6.92 Å². The zero-order chi connectivity index (χ0) is 4.41. The van der Waals surface area contributed by atoms with Crippen LogP contribution in [0.3, 0.4) is 0 Å². The summed E-state index contributed by atoms with van der Waals surface area (Å²) in [5, 5.41) is 0. The van der Waals surface area contributed by atoms with Gasteiger partial charge in [0, 0.05) is 6.61 Å². The Hall–Kier alpha value is 0.557. The first-order valence-corrected chi connectivity index (χ1v) is 2.34. The molecule has 1 fully saturated rings. The van der Waals surface area contributed by atoms with Crippen LogP contribution in [0.4, 0.5) is 0 Å². The fourth-order valence-corrected chi connectivity index (χ4v) is 0.644.